The maximum absolute atomic E-state index is 12.5. The number of imidazole rings is 2. The van der Waals surface area contributed by atoms with Crippen LogP contribution in [0.25, 0.3) is 16.9 Å². The number of nitrogens with one attached hydrogen (secondary N) is 1. The Balaban J connectivity index is 1.72. The molecule has 0 aliphatic carbocycles. The van der Waals surface area contributed by atoms with Crippen LogP contribution in [0.4, 0.5) is 0 Å². The third-order valence-corrected chi connectivity index (χ3v) is 4.30. The minimum absolute atomic E-state index is 0.0389. The lowest BCUT2D eigenvalue weighted by Crippen LogP contribution is -2.25. The largest absolute Gasteiger partial charge is 0.463 e. The number of H-pyrrole nitrogens is 1. The third-order valence-electron chi connectivity index (χ3n) is 4.30. The molecular formula is C16H17N5O6. The van der Waals surface area contributed by atoms with E-state index < -0.39 is 30.4 Å². The SMILES string of the molecule is CC(=O)OC[C@@H]1C[C@@H](OC(C)=O)[C@H](n2cnc3c(=O)n4ccnc4[nH]c32)O1. The van der Waals surface area contributed by atoms with E-state index in [0.717, 1.165) is 0 Å². The maximum atomic E-state index is 12.5. The first-order valence-corrected chi connectivity index (χ1v) is 8.32. The molecular weight excluding hydrogens is 358 g/mol. The van der Waals surface area contributed by atoms with Gasteiger partial charge in [0.05, 0.1) is 12.4 Å². The quantitative estimate of drug-likeness (QED) is 0.638. The fourth-order valence-electron chi connectivity index (χ4n) is 3.21. The lowest BCUT2D eigenvalue weighted by molar-refractivity contribution is -0.152. The molecule has 0 unspecified atom stereocenters. The molecule has 3 aromatic rings. The number of carbonyl (C=O) groups is 2. The van der Waals surface area contributed by atoms with E-state index in [1.807, 2.05) is 0 Å². The van der Waals surface area contributed by atoms with Crippen LogP contribution in [0, 0.1) is 0 Å². The number of hydrogen-bond donors (Lipinski definition) is 1. The third kappa shape index (κ3) is 3.05. The Morgan fingerprint density at radius 1 is 1.33 bits per heavy atom. The summed E-state index contributed by atoms with van der Waals surface area (Å²) in [6, 6.07) is 0. The number of aromatic amines is 1. The van der Waals surface area contributed by atoms with Gasteiger partial charge in [-0.05, 0) is 0 Å². The molecule has 4 rings (SSSR count). The van der Waals surface area contributed by atoms with Crippen molar-refractivity contribution in [1.29, 1.82) is 0 Å². The molecule has 11 heteroatoms. The van der Waals surface area contributed by atoms with E-state index in [0.29, 0.717) is 17.8 Å². The van der Waals surface area contributed by atoms with Gasteiger partial charge in [-0.3, -0.25) is 19.0 Å². The molecule has 1 aliphatic heterocycles. The first-order valence-electron chi connectivity index (χ1n) is 8.32. The Hall–Kier alpha value is -3.21. The molecule has 0 aromatic carbocycles. The summed E-state index contributed by atoms with van der Waals surface area (Å²) in [4.78, 5) is 46.4. The zero-order valence-electron chi connectivity index (χ0n) is 14.6. The summed E-state index contributed by atoms with van der Waals surface area (Å²) in [6.07, 6.45) is 3.01. The van der Waals surface area contributed by atoms with Gasteiger partial charge in [-0.25, -0.2) is 14.4 Å². The van der Waals surface area contributed by atoms with Crippen LogP contribution in [0.5, 0.6) is 0 Å². The van der Waals surface area contributed by atoms with Crippen molar-refractivity contribution in [2.45, 2.75) is 38.7 Å². The Morgan fingerprint density at radius 2 is 2.15 bits per heavy atom. The fourth-order valence-corrected chi connectivity index (χ4v) is 3.21. The van der Waals surface area contributed by atoms with Crippen LogP contribution >= 0.6 is 0 Å². The van der Waals surface area contributed by atoms with Crippen LogP contribution in [-0.4, -0.2) is 54.7 Å². The van der Waals surface area contributed by atoms with Gasteiger partial charge >= 0.3 is 11.9 Å². The normalized spacial score (nSPS) is 22.4. The van der Waals surface area contributed by atoms with E-state index in [1.54, 1.807) is 4.57 Å². The lowest BCUT2D eigenvalue weighted by Gasteiger charge is -2.20. The number of aromatic nitrogens is 5. The fraction of sp³-hybridized carbons (Fsp3) is 0.438. The average molecular weight is 375 g/mol. The van der Waals surface area contributed by atoms with Crippen molar-refractivity contribution in [3.8, 4) is 0 Å². The Labute approximate surface area is 151 Å². The average Bonchev–Trinajstić information content (AvgIpc) is 3.31. The highest BCUT2D eigenvalue weighted by atomic mass is 16.6. The summed E-state index contributed by atoms with van der Waals surface area (Å²) in [5.41, 5.74) is 0.275. The predicted molar refractivity (Wildman–Crippen MR) is 89.8 cm³/mol. The molecule has 1 saturated heterocycles. The highest BCUT2D eigenvalue weighted by Gasteiger charge is 2.40. The summed E-state index contributed by atoms with van der Waals surface area (Å²) in [6.45, 7) is 2.65. The zero-order chi connectivity index (χ0) is 19.1. The van der Waals surface area contributed by atoms with E-state index in [1.165, 1.54) is 37.0 Å². The van der Waals surface area contributed by atoms with E-state index in [2.05, 4.69) is 15.0 Å². The molecule has 3 aromatic heterocycles. The standard InChI is InChI=1S/C16H17N5O6/c1-8(22)25-6-10-5-11(26-9(2)23)15(27-10)21-7-18-12-13(21)19-16-17-3-4-20(16)14(12)24/h3-4,7,10-11,15H,5-6H2,1-2H3,(H,17,19)/t10-,11+,15+/m0/s1. The first-order chi connectivity index (χ1) is 12.9. The first kappa shape index (κ1) is 17.2. The number of nitrogens with zero attached hydrogens (tertiary/aromatic N) is 4. The minimum atomic E-state index is -0.729. The van der Waals surface area contributed by atoms with Crippen LogP contribution < -0.4 is 5.56 Å². The second kappa shape index (κ2) is 6.50. The maximum Gasteiger partial charge on any atom is 0.303 e. The van der Waals surface area contributed by atoms with Gasteiger partial charge in [-0.15, -0.1) is 0 Å². The molecule has 1 N–H and O–H groups in total. The van der Waals surface area contributed by atoms with Gasteiger partial charge in [0.25, 0.3) is 5.56 Å². The van der Waals surface area contributed by atoms with Crippen LogP contribution in [0.1, 0.15) is 26.5 Å². The van der Waals surface area contributed by atoms with Crippen molar-refractivity contribution in [3.63, 3.8) is 0 Å². The second-order valence-electron chi connectivity index (χ2n) is 6.23. The van der Waals surface area contributed by atoms with Gasteiger partial charge in [0.1, 0.15) is 18.4 Å². The van der Waals surface area contributed by atoms with Crippen LogP contribution in [0.15, 0.2) is 23.5 Å². The van der Waals surface area contributed by atoms with Crippen molar-refractivity contribution < 1.29 is 23.8 Å². The van der Waals surface area contributed by atoms with Gasteiger partial charge in [0, 0.05) is 32.7 Å². The summed E-state index contributed by atoms with van der Waals surface area (Å²) < 4.78 is 19.2. The molecule has 0 saturated carbocycles. The molecule has 0 amide bonds. The number of carbonyl (C=O) groups excluding carboxylic acids is 2. The molecule has 0 radical (unpaired) electrons. The molecule has 1 fully saturated rings. The van der Waals surface area contributed by atoms with E-state index in [-0.39, 0.29) is 17.7 Å². The molecule has 27 heavy (non-hydrogen) atoms. The van der Waals surface area contributed by atoms with Crippen molar-refractivity contribution in [1.82, 2.24) is 23.9 Å². The number of rotatable bonds is 4. The topological polar surface area (TPSA) is 130 Å². The van der Waals surface area contributed by atoms with Crippen LogP contribution in [0.2, 0.25) is 0 Å². The summed E-state index contributed by atoms with van der Waals surface area (Å²) >= 11 is 0. The molecule has 0 spiro atoms. The number of hydrogen-bond acceptors (Lipinski definition) is 8. The van der Waals surface area contributed by atoms with Crippen LogP contribution in [-0.2, 0) is 23.8 Å². The van der Waals surface area contributed by atoms with Gasteiger partial charge in [0.2, 0.25) is 5.78 Å². The van der Waals surface area contributed by atoms with Crippen molar-refractivity contribution >= 4 is 28.9 Å². The summed E-state index contributed by atoms with van der Waals surface area (Å²) in [7, 11) is 0. The predicted octanol–water partition coefficient (Wildman–Crippen LogP) is 0.155. The summed E-state index contributed by atoms with van der Waals surface area (Å²) in [5, 5.41) is 0. The van der Waals surface area contributed by atoms with Gasteiger partial charge in [0.15, 0.2) is 11.7 Å². The molecule has 11 nitrogen and oxygen atoms in total. The van der Waals surface area contributed by atoms with E-state index in [4.69, 9.17) is 14.2 Å². The van der Waals surface area contributed by atoms with Crippen molar-refractivity contribution in [2.24, 2.45) is 0 Å². The van der Waals surface area contributed by atoms with Crippen molar-refractivity contribution in [2.75, 3.05) is 6.61 Å². The van der Waals surface area contributed by atoms with Gasteiger partial charge in [-0.2, -0.15) is 0 Å². The number of esters is 2. The highest BCUT2D eigenvalue weighted by Crippen LogP contribution is 2.33. The van der Waals surface area contributed by atoms with Crippen LogP contribution in [0.3, 0.4) is 0 Å². The highest BCUT2D eigenvalue weighted by molar-refractivity contribution is 5.72. The molecule has 1 aliphatic rings. The monoisotopic (exact) mass is 375 g/mol. The van der Waals surface area contributed by atoms with E-state index >= 15 is 0 Å². The van der Waals surface area contributed by atoms with Gasteiger partial charge in [-0.1, -0.05) is 0 Å². The number of ether oxygens (including phenoxy) is 3. The Morgan fingerprint density at radius 3 is 2.89 bits per heavy atom. The molecule has 4 heterocycles. The molecule has 0 bridgehead atoms. The second-order valence-corrected chi connectivity index (χ2v) is 6.23. The smallest absolute Gasteiger partial charge is 0.303 e. The lowest BCUT2D eigenvalue weighted by atomic mass is 10.2. The minimum Gasteiger partial charge on any atom is -0.463 e. The molecule has 3 atom stereocenters. The van der Waals surface area contributed by atoms with E-state index in [9.17, 15) is 14.4 Å². The van der Waals surface area contributed by atoms with Crippen molar-refractivity contribution in [3.05, 3.63) is 29.1 Å². The molecule has 142 valence electrons. The number of fused-ring (bicyclic) bond motifs is 2. The zero-order valence-corrected chi connectivity index (χ0v) is 14.6. The Bertz CT molecular complexity index is 1080. The van der Waals surface area contributed by atoms with Gasteiger partial charge < -0.3 is 19.2 Å². The summed E-state index contributed by atoms with van der Waals surface area (Å²) in [5.74, 6) is -0.534. The Kier molecular flexibility index (Phi) is 4.15.